The molecule has 0 bridgehead atoms. The summed E-state index contributed by atoms with van der Waals surface area (Å²) in [4.78, 5) is 12.8. The molecule has 33 heavy (non-hydrogen) atoms. The Balaban J connectivity index is 1.62. The molecule has 4 aromatic rings. The van der Waals surface area contributed by atoms with Gasteiger partial charge in [0.2, 0.25) is 0 Å². The van der Waals surface area contributed by atoms with E-state index >= 15 is 0 Å². The fourth-order valence-electron chi connectivity index (χ4n) is 3.34. The number of amides is 1. The van der Waals surface area contributed by atoms with Gasteiger partial charge in [0.05, 0.1) is 5.02 Å². The van der Waals surface area contributed by atoms with Gasteiger partial charge < -0.3 is 5.32 Å². The quantitative estimate of drug-likeness (QED) is 0.339. The van der Waals surface area contributed by atoms with Crippen molar-refractivity contribution in [2.45, 2.75) is 11.8 Å². The summed E-state index contributed by atoms with van der Waals surface area (Å²) in [6, 6.07) is 28.2. The number of hydrogen-bond donors (Lipinski definition) is 2. The lowest BCUT2D eigenvalue weighted by molar-refractivity contribution is 0.102. The Morgan fingerprint density at radius 1 is 0.818 bits per heavy atom. The molecule has 0 saturated carbocycles. The molecule has 0 aliphatic carbocycles. The average Bonchev–Trinajstić information content (AvgIpc) is 2.81. The number of halogens is 1. The zero-order chi connectivity index (χ0) is 23.4. The highest BCUT2D eigenvalue weighted by Crippen LogP contribution is 2.29. The topological polar surface area (TPSA) is 75.3 Å². The minimum atomic E-state index is -4.00. The number of benzene rings is 4. The minimum Gasteiger partial charge on any atom is -0.321 e. The van der Waals surface area contributed by atoms with E-state index < -0.39 is 15.9 Å². The lowest BCUT2D eigenvalue weighted by atomic mass is 10.0. The molecule has 1 amide bonds. The van der Waals surface area contributed by atoms with Crippen molar-refractivity contribution in [1.29, 1.82) is 0 Å². The van der Waals surface area contributed by atoms with Gasteiger partial charge in [0.15, 0.2) is 0 Å². The molecule has 0 fully saturated rings. The third-order valence-corrected chi connectivity index (χ3v) is 6.91. The van der Waals surface area contributed by atoms with Gasteiger partial charge >= 0.3 is 0 Å². The fraction of sp³-hybridized carbons (Fsp3) is 0.0385. The monoisotopic (exact) mass is 476 g/mol. The fourth-order valence-corrected chi connectivity index (χ4v) is 4.92. The SMILES string of the molecule is Cc1ccc(NS(=O)(=O)c2cc(C(=O)Nc3ccccc3-c3ccccc3)ccc2Cl)cc1. The maximum atomic E-state index is 13.0. The van der Waals surface area contributed by atoms with Crippen molar-refractivity contribution in [3.8, 4) is 11.1 Å². The number of aryl methyl sites for hydroxylation is 1. The molecule has 4 aromatic carbocycles. The van der Waals surface area contributed by atoms with Crippen LogP contribution in [0.5, 0.6) is 0 Å². The average molecular weight is 477 g/mol. The highest BCUT2D eigenvalue weighted by atomic mass is 35.5. The number of carbonyl (C=O) groups is 1. The van der Waals surface area contributed by atoms with Gasteiger partial charge in [-0.15, -0.1) is 0 Å². The number of sulfonamides is 1. The lowest BCUT2D eigenvalue weighted by Gasteiger charge is -2.13. The van der Waals surface area contributed by atoms with E-state index in [1.807, 2.05) is 55.5 Å². The van der Waals surface area contributed by atoms with Gasteiger partial charge in [-0.1, -0.05) is 77.8 Å². The van der Waals surface area contributed by atoms with Crippen LogP contribution in [0.15, 0.2) is 102 Å². The Hall–Kier alpha value is -3.61. The second-order valence-electron chi connectivity index (χ2n) is 7.48. The lowest BCUT2D eigenvalue weighted by Crippen LogP contribution is -2.16. The van der Waals surface area contributed by atoms with Gasteiger partial charge in [0, 0.05) is 22.5 Å². The number of carbonyl (C=O) groups excluding carboxylic acids is 1. The number of rotatable bonds is 6. The van der Waals surface area contributed by atoms with Crippen LogP contribution in [-0.2, 0) is 10.0 Å². The maximum Gasteiger partial charge on any atom is 0.263 e. The predicted molar refractivity (Wildman–Crippen MR) is 133 cm³/mol. The van der Waals surface area contributed by atoms with Gasteiger partial charge in [0.1, 0.15) is 4.90 Å². The molecule has 5 nitrogen and oxygen atoms in total. The molecular weight excluding hydrogens is 456 g/mol. The van der Waals surface area contributed by atoms with Crippen LogP contribution < -0.4 is 10.0 Å². The van der Waals surface area contributed by atoms with Crippen LogP contribution in [0.3, 0.4) is 0 Å². The van der Waals surface area contributed by atoms with E-state index in [9.17, 15) is 13.2 Å². The van der Waals surface area contributed by atoms with E-state index in [2.05, 4.69) is 10.0 Å². The third-order valence-electron chi connectivity index (χ3n) is 5.05. The Labute approximate surface area is 198 Å². The summed E-state index contributed by atoms with van der Waals surface area (Å²) in [7, 11) is -4.00. The molecule has 0 saturated heterocycles. The minimum absolute atomic E-state index is 0.0239. The molecular formula is C26H21ClN2O3S. The molecule has 0 aliphatic heterocycles. The summed E-state index contributed by atoms with van der Waals surface area (Å²) in [6.07, 6.45) is 0. The zero-order valence-corrected chi connectivity index (χ0v) is 19.3. The Bertz CT molecular complexity index is 1400. The maximum absolute atomic E-state index is 13.0. The van der Waals surface area contributed by atoms with Crippen molar-refractivity contribution < 1.29 is 13.2 Å². The summed E-state index contributed by atoms with van der Waals surface area (Å²) in [5.41, 5.74) is 4.01. The number of para-hydroxylation sites is 1. The van der Waals surface area contributed by atoms with Crippen LogP contribution in [-0.4, -0.2) is 14.3 Å². The molecule has 0 radical (unpaired) electrons. The van der Waals surface area contributed by atoms with E-state index in [4.69, 9.17) is 11.6 Å². The van der Waals surface area contributed by atoms with Crippen molar-refractivity contribution in [1.82, 2.24) is 0 Å². The van der Waals surface area contributed by atoms with Crippen LogP contribution in [0.25, 0.3) is 11.1 Å². The summed E-state index contributed by atoms with van der Waals surface area (Å²) < 4.78 is 28.4. The highest BCUT2D eigenvalue weighted by molar-refractivity contribution is 7.92. The molecule has 7 heteroatoms. The van der Waals surface area contributed by atoms with E-state index in [0.717, 1.165) is 16.7 Å². The van der Waals surface area contributed by atoms with E-state index in [1.165, 1.54) is 18.2 Å². The van der Waals surface area contributed by atoms with Gasteiger partial charge in [-0.2, -0.15) is 0 Å². The first-order chi connectivity index (χ1) is 15.8. The standard InChI is InChI=1S/C26H21ClN2O3S/c1-18-11-14-21(15-12-18)29-33(31,32)25-17-20(13-16-23(25)27)26(30)28-24-10-6-5-9-22(24)19-7-3-2-4-8-19/h2-17,29H,1H3,(H,28,30). The van der Waals surface area contributed by atoms with E-state index in [0.29, 0.717) is 11.4 Å². The van der Waals surface area contributed by atoms with Gasteiger partial charge in [-0.3, -0.25) is 9.52 Å². The van der Waals surface area contributed by atoms with Gasteiger partial charge in [-0.05, 0) is 48.9 Å². The van der Waals surface area contributed by atoms with Gasteiger partial charge in [0.25, 0.3) is 15.9 Å². The van der Waals surface area contributed by atoms with Crippen LogP contribution in [0.2, 0.25) is 5.02 Å². The number of hydrogen-bond acceptors (Lipinski definition) is 3. The molecule has 0 atom stereocenters. The van der Waals surface area contributed by atoms with Crippen LogP contribution in [0, 0.1) is 6.92 Å². The smallest absolute Gasteiger partial charge is 0.263 e. The largest absolute Gasteiger partial charge is 0.321 e. The van der Waals surface area contributed by atoms with Crippen molar-refractivity contribution in [2.75, 3.05) is 10.0 Å². The second kappa shape index (κ2) is 9.48. The summed E-state index contributed by atoms with van der Waals surface area (Å²) in [6.45, 7) is 1.91. The van der Waals surface area contributed by atoms with E-state index in [-0.39, 0.29) is 15.5 Å². The number of anilines is 2. The third kappa shape index (κ3) is 5.25. The molecule has 2 N–H and O–H groups in total. The van der Waals surface area contributed by atoms with Crippen molar-refractivity contribution in [3.05, 3.63) is 113 Å². The normalized spacial score (nSPS) is 11.1. The second-order valence-corrected chi connectivity index (χ2v) is 9.54. The van der Waals surface area contributed by atoms with Crippen molar-refractivity contribution in [2.24, 2.45) is 0 Å². The predicted octanol–water partition coefficient (Wildman–Crippen LogP) is 6.37. The molecule has 0 heterocycles. The Morgan fingerprint density at radius 2 is 1.48 bits per heavy atom. The highest BCUT2D eigenvalue weighted by Gasteiger charge is 2.21. The first-order valence-electron chi connectivity index (χ1n) is 10.2. The van der Waals surface area contributed by atoms with E-state index in [1.54, 1.807) is 30.3 Å². The van der Waals surface area contributed by atoms with Crippen LogP contribution >= 0.6 is 11.6 Å². The first kappa shape index (κ1) is 22.6. The molecule has 0 spiro atoms. The Morgan fingerprint density at radius 3 is 2.21 bits per heavy atom. The van der Waals surface area contributed by atoms with Crippen molar-refractivity contribution in [3.63, 3.8) is 0 Å². The Kier molecular flexibility index (Phi) is 6.49. The molecule has 0 aromatic heterocycles. The van der Waals surface area contributed by atoms with Crippen LogP contribution in [0.1, 0.15) is 15.9 Å². The van der Waals surface area contributed by atoms with Crippen LogP contribution in [0.4, 0.5) is 11.4 Å². The first-order valence-corrected chi connectivity index (χ1v) is 12.0. The van der Waals surface area contributed by atoms with Gasteiger partial charge in [-0.25, -0.2) is 8.42 Å². The molecule has 4 rings (SSSR count). The summed E-state index contributed by atoms with van der Waals surface area (Å²) in [5, 5.41) is 2.91. The molecule has 0 aliphatic rings. The van der Waals surface area contributed by atoms with Crippen molar-refractivity contribution >= 4 is 38.9 Å². The summed E-state index contributed by atoms with van der Waals surface area (Å²) >= 11 is 6.19. The molecule has 166 valence electrons. The summed E-state index contributed by atoms with van der Waals surface area (Å²) in [5.74, 6) is -0.443. The zero-order valence-electron chi connectivity index (χ0n) is 17.7. The number of nitrogens with one attached hydrogen (secondary N) is 2. The molecule has 0 unspecified atom stereocenters.